The van der Waals surface area contributed by atoms with Crippen molar-refractivity contribution in [1.82, 2.24) is 51.7 Å². The van der Waals surface area contributed by atoms with Crippen LogP contribution >= 0.6 is 0 Å². The van der Waals surface area contributed by atoms with Crippen LogP contribution in [0.2, 0.25) is 0 Å². The minimum Gasteiger partial charge on any atom is -0.480 e. The summed E-state index contributed by atoms with van der Waals surface area (Å²) < 4.78 is 0. The van der Waals surface area contributed by atoms with Crippen LogP contribution in [-0.4, -0.2) is 169 Å². The Balaban J connectivity index is 1.68. The number of nitrogens with two attached hydrogens (primary N) is 1. The van der Waals surface area contributed by atoms with E-state index in [0.29, 0.717) is 18.5 Å². The molecular weight excluding hydrogens is 814 g/mol. The monoisotopic (exact) mass is 877 g/mol. The molecular formula is C39H63N11O12. The van der Waals surface area contributed by atoms with E-state index in [4.69, 9.17) is 10.8 Å². The number of carbonyl (C=O) groups is 9. The van der Waals surface area contributed by atoms with E-state index in [1.165, 1.54) is 36.2 Å². The van der Waals surface area contributed by atoms with Crippen molar-refractivity contribution in [3.63, 3.8) is 0 Å². The molecule has 0 aliphatic carbocycles. The molecule has 8 amide bonds. The molecule has 2 saturated heterocycles. The Morgan fingerprint density at radius 2 is 1.44 bits per heavy atom. The minimum atomic E-state index is -1.50. The Morgan fingerprint density at radius 1 is 0.806 bits per heavy atom. The summed E-state index contributed by atoms with van der Waals surface area (Å²) >= 11 is 0. The number of nitrogens with one attached hydrogen (secondary N) is 7. The van der Waals surface area contributed by atoms with Crippen LogP contribution in [0.5, 0.6) is 0 Å². The number of H-pyrrole nitrogens is 1. The van der Waals surface area contributed by atoms with Crippen molar-refractivity contribution in [3.8, 4) is 0 Å². The quantitative estimate of drug-likeness (QED) is 0.0529. The Kier molecular flexibility index (Phi) is 19.2. The van der Waals surface area contributed by atoms with E-state index in [-0.39, 0.29) is 44.7 Å². The van der Waals surface area contributed by atoms with Crippen LogP contribution in [0.4, 0.5) is 0 Å². The van der Waals surface area contributed by atoms with Crippen LogP contribution in [0, 0.1) is 11.8 Å². The summed E-state index contributed by atoms with van der Waals surface area (Å²) in [7, 11) is 0. The second kappa shape index (κ2) is 23.5. The largest absolute Gasteiger partial charge is 0.480 e. The molecule has 346 valence electrons. The average Bonchev–Trinajstić information content (AvgIpc) is 4.02. The number of aromatic amines is 1. The van der Waals surface area contributed by atoms with Gasteiger partial charge in [-0.3, -0.25) is 38.4 Å². The first-order valence-electron chi connectivity index (χ1n) is 20.8. The summed E-state index contributed by atoms with van der Waals surface area (Å²) in [6.45, 7) is 8.67. The van der Waals surface area contributed by atoms with E-state index < -0.39 is 127 Å². The van der Waals surface area contributed by atoms with Gasteiger partial charge in [-0.1, -0.05) is 27.7 Å². The highest BCUT2D eigenvalue weighted by Crippen LogP contribution is 2.26. The lowest BCUT2D eigenvalue weighted by Crippen LogP contribution is -2.60. The van der Waals surface area contributed by atoms with Crippen molar-refractivity contribution in [2.75, 3.05) is 26.2 Å². The molecule has 3 heterocycles. The van der Waals surface area contributed by atoms with Crippen LogP contribution in [0.3, 0.4) is 0 Å². The molecule has 9 atom stereocenters. The maximum absolute atomic E-state index is 14.1. The van der Waals surface area contributed by atoms with E-state index in [2.05, 4.69) is 41.9 Å². The fraction of sp³-hybridized carbons (Fsp3) is 0.692. The zero-order valence-electron chi connectivity index (χ0n) is 36.0. The van der Waals surface area contributed by atoms with Gasteiger partial charge < -0.3 is 67.7 Å². The minimum absolute atomic E-state index is 0.0297. The van der Waals surface area contributed by atoms with Gasteiger partial charge in [0.15, 0.2) is 0 Å². The molecule has 23 nitrogen and oxygen atoms in total. The number of nitrogens with zero attached hydrogens (tertiary/aromatic N) is 3. The number of likely N-dealkylation sites (tertiary alicyclic amines) is 2. The third-order valence-corrected chi connectivity index (χ3v) is 10.6. The first-order valence-corrected chi connectivity index (χ1v) is 20.8. The maximum Gasteiger partial charge on any atom is 0.326 e. The molecule has 0 radical (unpaired) electrons. The highest BCUT2D eigenvalue weighted by Gasteiger charge is 2.44. The Morgan fingerprint density at radius 3 is 2.00 bits per heavy atom. The Hall–Kier alpha value is -5.68. The van der Waals surface area contributed by atoms with Crippen molar-refractivity contribution in [2.24, 2.45) is 17.6 Å². The third kappa shape index (κ3) is 14.2. The third-order valence-electron chi connectivity index (χ3n) is 10.6. The number of amides is 8. The standard InChI is InChI=1S/C39H63N11O12/c1-19(2)13-26(39(61)62)45-29(53)16-42-33(55)25(14-23-15-41-18-43-23)46-35(57)30(20(3)4)47-34(56)27-9-7-11-49(27)38(60)28-10-8-12-50(28)37(59)21(5)44-36(58)31(22(6)52)48-32(54)24(40)17-51/h15,18-22,24-28,30-31,51-52H,7-14,16-17,40H2,1-6H3,(H,41,43)(H,42,55)(H,44,58)(H,45,53)(H,46,57)(H,47,56)(H,48,54)(H,61,62)/t21-,22+,24-,25-,26-,27-,28-,30-,31-/m0/s1. The Bertz CT molecular complexity index is 1760. The molecule has 0 aromatic carbocycles. The van der Waals surface area contributed by atoms with Crippen LogP contribution in [0.15, 0.2) is 12.5 Å². The zero-order valence-corrected chi connectivity index (χ0v) is 36.0. The van der Waals surface area contributed by atoms with E-state index >= 15 is 0 Å². The van der Waals surface area contributed by atoms with Crippen LogP contribution in [0.1, 0.15) is 79.3 Å². The number of aliphatic hydroxyl groups excluding tert-OH is 2. The summed E-state index contributed by atoms with van der Waals surface area (Å²) in [5.74, 6) is -7.53. The fourth-order valence-corrected chi connectivity index (χ4v) is 7.24. The van der Waals surface area contributed by atoms with Gasteiger partial charge in [0.1, 0.15) is 48.3 Å². The fourth-order valence-electron chi connectivity index (χ4n) is 7.24. The molecule has 62 heavy (non-hydrogen) atoms. The lowest BCUT2D eigenvalue weighted by molar-refractivity contribution is -0.148. The number of rotatable bonds is 22. The summed E-state index contributed by atoms with van der Waals surface area (Å²) in [6.07, 6.45) is 2.96. The number of hydrogen-bond acceptors (Lipinski definition) is 13. The van der Waals surface area contributed by atoms with Gasteiger partial charge in [-0.15, -0.1) is 0 Å². The van der Waals surface area contributed by atoms with Gasteiger partial charge in [-0.25, -0.2) is 9.78 Å². The second-order valence-corrected chi connectivity index (χ2v) is 16.5. The summed E-state index contributed by atoms with van der Waals surface area (Å²) in [5, 5.41) is 43.7. The smallest absolute Gasteiger partial charge is 0.326 e. The number of carboxylic acid groups (broad SMARTS) is 1. The highest BCUT2D eigenvalue weighted by atomic mass is 16.4. The molecule has 0 bridgehead atoms. The van der Waals surface area contributed by atoms with Gasteiger partial charge in [-0.05, 0) is 57.8 Å². The molecule has 1 aromatic heterocycles. The number of imidazole rings is 1. The number of aromatic nitrogens is 2. The average molecular weight is 878 g/mol. The number of hydrogen-bond donors (Lipinski definition) is 11. The Labute approximate surface area is 359 Å². The van der Waals surface area contributed by atoms with Crippen LogP contribution < -0.4 is 37.6 Å². The maximum atomic E-state index is 14.1. The molecule has 12 N–H and O–H groups in total. The zero-order chi connectivity index (χ0) is 46.4. The van der Waals surface area contributed by atoms with Crippen LogP contribution in [0.25, 0.3) is 0 Å². The van der Waals surface area contributed by atoms with Crippen molar-refractivity contribution in [2.45, 2.75) is 135 Å². The summed E-state index contributed by atoms with van der Waals surface area (Å²) in [4.78, 5) is 128. The van der Waals surface area contributed by atoms with Crippen molar-refractivity contribution < 1.29 is 58.5 Å². The van der Waals surface area contributed by atoms with Crippen molar-refractivity contribution in [3.05, 3.63) is 18.2 Å². The van der Waals surface area contributed by atoms with Crippen molar-refractivity contribution >= 4 is 53.2 Å². The molecule has 0 spiro atoms. The second-order valence-electron chi connectivity index (χ2n) is 16.5. The molecule has 2 fully saturated rings. The first kappa shape index (κ1) is 50.7. The molecule has 1 aromatic rings. The highest BCUT2D eigenvalue weighted by molar-refractivity contribution is 5.98. The summed E-state index contributed by atoms with van der Waals surface area (Å²) in [6, 6.07) is -9.62. The van der Waals surface area contributed by atoms with Gasteiger partial charge >= 0.3 is 5.97 Å². The van der Waals surface area contributed by atoms with E-state index in [1.807, 2.05) is 0 Å². The molecule has 2 aliphatic heterocycles. The predicted molar refractivity (Wildman–Crippen MR) is 219 cm³/mol. The first-order chi connectivity index (χ1) is 29.2. The summed E-state index contributed by atoms with van der Waals surface area (Å²) in [5.41, 5.74) is 5.98. The van der Waals surface area contributed by atoms with Crippen LogP contribution in [-0.2, 0) is 49.6 Å². The SMILES string of the molecule is CC(C)C[C@H](NC(=O)CNC(=O)[C@H](Cc1cnc[nH]1)NC(=O)[C@@H](NC(=O)[C@@H]1CCCN1C(=O)[C@@H]1CCCN1C(=O)[C@H](C)NC(=O)[C@@H](NC(=O)[C@@H](N)CO)[C@@H](C)O)C(C)C)C(=O)O. The van der Waals surface area contributed by atoms with E-state index in [0.717, 1.165) is 0 Å². The van der Waals surface area contributed by atoms with Gasteiger partial charge in [0.2, 0.25) is 47.3 Å². The van der Waals surface area contributed by atoms with E-state index in [1.54, 1.807) is 27.7 Å². The number of carbonyl (C=O) groups excluding carboxylic acids is 8. The van der Waals surface area contributed by atoms with Gasteiger partial charge in [-0.2, -0.15) is 0 Å². The predicted octanol–water partition coefficient (Wildman–Crippen LogP) is -4.02. The topological polar surface area (TPSA) is 348 Å². The lowest BCUT2D eigenvalue weighted by Gasteiger charge is -2.33. The number of aliphatic carboxylic acids is 1. The molecule has 0 saturated carbocycles. The lowest BCUT2D eigenvalue weighted by atomic mass is 10.0. The molecule has 3 rings (SSSR count). The van der Waals surface area contributed by atoms with Gasteiger partial charge in [0.25, 0.3) is 0 Å². The number of carboxylic acids is 1. The van der Waals surface area contributed by atoms with E-state index in [9.17, 15) is 53.4 Å². The normalized spacial score (nSPS) is 19.7. The molecule has 0 unspecified atom stereocenters. The molecule has 2 aliphatic rings. The molecule has 23 heteroatoms. The number of aliphatic hydroxyl groups is 2. The van der Waals surface area contributed by atoms with Gasteiger partial charge in [0.05, 0.1) is 25.6 Å². The van der Waals surface area contributed by atoms with Gasteiger partial charge in [0, 0.05) is 31.4 Å². The van der Waals surface area contributed by atoms with Crippen molar-refractivity contribution in [1.29, 1.82) is 0 Å².